The van der Waals surface area contributed by atoms with E-state index in [0.717, 1.165) is 5.69 Å². The molecule has 0 aliphatic carbocycles. The molecule has 0 fully saturated rings. The van der Waals surface area contributed by atoms with Crippen molar-refractivity contribution in [2.24, 2.45) is 0 Å². The first-order valence-corrected chi connectivity index (χ1v) is 4.53. The Hall–Kier alpha value is -2.17. The number of pyridine rings is 1. The normalized spacial score (nSPS) is 9.93. The van der Waals surface area contributed by atoms with Gasteiger partial charge in [-0.05, 0) is 19.1 Å². The molecule has 15 heavy (non-hydrogen) atoms. The van der Waals surface area contributed by atoms with Crippen LogP contribution in [0.4, 0.5) is 17.6 Å². The van der Waals surface area contributed by atoms with E-state index in [1.54, 1.807) is 12.3 Å². The summed E-state index contributed by atoms with van der Waals surface area (Å²) < 4.78 is 0. The highest BCUT2D eigenvalue weighted by atomic mass is 15.1. The highest BCUT2D eigenvalue weighted by molar-refractivity contribution is 5.49. The fourth-order valence-electron chi connectivity index (χ4n) is 1.20. The molecule has 0 spiro atoms. The summed E-state index contributed by atoms with van der Waals surface area (Å²) in [4.78, 5) is 12.3. The lowest BCUT2D eigenvalue weighted by Gasteiger charge is -2.04. The number of aryl methyl sites for hydroxylation is 1. The number of nitrogens with two attached hydrogens (primary N) is 1. The van der Waals surface area contributed by atoms with Crippen molar-refractivity contribution in [3.8, 4) is 0 Å². The standard InChI is InChI=1S/C10H11N5/c1-7-6-8(11)14-10(13-7)15-9-4-2-3-5-12-9/h2-6H,1H3,(H3,11,12,13,14,15). The average molecular weight is 201 g/mol. The molecule has 2 aromatic heterocycles. The first-order valence-electron chi connectivity index (χ1n) is 4.53. The first kappa shape index (κ1) is 9.39. The van der Waals surface area contributed by atoms with Gasteiger partial charge in [-0.3, -0.25) is 0 Å². The van der Waals surface area contributed by atoms with Gasteiger partial charge in [0.1, 0.15) is 11.6 Å². The predicted octanol–water partition coefficient (Wildman–Crippen LogP) is 1.51. The monoisotopic (exact) mass is 201 g/mol. The zero-order chi connectivity index (χ0) is 10.7. The molecule has 0 aliphatic rings. The van der Waals surface area contributed by atoms with Gasteiger partial charge in [-0.25, -0.2) is 9.97 Å². The van der Waals surface area contributed by atoms with Crippen LogP contribution in [0.5, 0.6) is 0 Å². The van der Waals surface area contributed by atoms with E-state index in [4.69, 9.17) is 5.73 Å². The maximum absolute atomic E-state index is 5.60. The Morgan fingerprint density at radius 1 is 1.27 bits per heavy atom. The summed E-state index contributed by atoms with van der Waals surface area (Å²) in [6.07, 6.45) is 1.70. The van der Waals surface area contributed by atoms with Gasteiger partial charge < -0.3 is 11.1 Å². The van der Waals surface area contributed by atoms with Gasteiger partial charge in [-0.15, -0.1) is 0 Å². The molecule has 0 bridgehead atoms. The van der Waals surface area contributed by atoms with Crippen LogP contribution in [0.3, 0.4) is 0 Å². The molecule has 0 radical (unpaired) electrons. The van der Waals surface area contributed by atoms with Crippen molar-refractivity contribution in [3.05, 3.63) is 36.2 Å². The summed E-state index contributed by atoms with van der Waals surface area (Å²) in [7, 11) is 0. The minimum Gasteiger partial charge on any atom is -0.384 e. The van der Waals surface area contributed by atoms with Crippen molar-refractivity contribution >= 4 is 17.6 Å². The average Bonchev–Trinajstić information content (AvgIpc) is 2.17. The van der Waals surface area contributed by atoms with Gasteiger partial charge in [0, 0.05) is 18.0 Å². The predicted molar refractivity (Wildman–Crippen MR) is 58.7 cm³/mol. The second kappa shape index (κ2) is 3.91. The summed E-state index contributed by atoms with van der Waals surface area (Å²) in [5, 5.41) is 2.97. The zero-order valence-electron chi connectivity index (χ0n) is 8.31. The van der Waals surface area contributed by atoms with Gasteiger partial charge in [0.15, 0.2) is 0 Å². The number of nitrogens with one attached hydrogen (secondary N) is 1. The van der Waals surface area contributed by atoms with E-state index in [9.17, 15) is 0 Å². The summed E-state index contributed by atoms with van der Waals surface area (Å²) >= 11 is 0. The van der Waals surface area contributed by atoms with Gasteiger partial charge in [0.05, 0.1) is 0 Å². The molecule has 0 saturated heterocycles. The summed E-state index contributed by atoms with van der Waals surface area (Å²) in [6.45, 7) is 1.86. The molecule has 0 unspecified atom stereocenters. The van der Waals surface area contributed by atoms with Gasteiger partial charge in [-0.1, -0.05) is 6.07 Å². The second-order valence-electron chi connectivity index (χ2n) is 3.10. The third-order valence-corrected chi connectivity index (χ3v) is 1.78. The Bertz CT molecular complexity index is 434. The number of rotatable bonds is 2. The highest BCUT2D eigenvalue weighted by Gasteiger charge is 2.00. The highest BCUT2D eigenvalue weighted by Crippen LogP contribution is 2.11. The molecular weight excluding hydrogens is 190 g/mol. The minimum atomic E-state index is 0.445. The topological polar surface area (TPSA) is 76.7 Å². The third-order valence-electron chi connectivity index (χ3n) is 1.78. The number of anilines is 3. The van der Waals surface area contributed by atoms with Gasteiger partial charge in [0.2, 0.25) is 5.95 Å². The van der Waals surface area contributed by atoms with Crippen LogP contribution in [0.25, 0.3) is 0 Å². The largest absolute Gasteiger partial charge is 0.384 e. The lowest BCUT2D eigenvalue weighted by atomic mass is 10.4. The van der Waals surface area contributed by atoms with Crippen molar-refractivity contribution in [2.45, 2.75) is 6.92 Å². The van der Waals surface area contributed by atoms with E-state index in [-0.39, 0.29) is 0 Å². The van der Waals surface area contributed by atoms with Crippen molar-refractivity contribution in [2.75, 3.05) is 11.1 Å². The number of hydrogen-bond acceptors (Lipinski definition) is 5. The molecule has 2 heterocycles. The SMILES string of the molecule is Cc1cc(N)nc(Nc2ccccn2)n1. The van der Waals surface area contributed by atoms with Crippen LogP contribution in [0.15, 0.2) is 30.5 Å². The lowest BCUT2D eigenvalue weighted by molar-refractivity contribution is 1.10. The van der Waals surface area contributed by atoms with Gasteiger partial charge in [-0.2, -0.15) is 4.98 Å². The van der Waals surface area contributed by atoms with E-state index < -0.39 is 0 Å². The fraction of sp³-hybridized carbons (Fsp3) is 0.100. The minimum absolute atomic E-state index is 0.445. The molecule has 0 amide bonds. The number of aromatic nitrogens is 3. The molecule has 5 heteroatoms. The van der Waals surface area contributed by atoms with E-state index in [2.05, 4.69) is 20.3 Å². The Kier molecular flexibility index (Phi) is 2.45. The number of nitrogens with zero attached hydrogens (tertiary/aromatic N) is 3. The molecule has 0 aliphatic heterocycles. The summed E-state index contributed by atoms with van der Waals surface area (Å²) in [5.74, 6) is 1.61. The molecule has 0 aromatic carbocycles. The number of hydrogen-bond donors (Lipinski definition) is 2. The van der Waals surface area contributed by atoms with Gasteiger partial charge in [0.25, 0.3) is 0 Å². The molecule has 0 atom stereocenters. The van der Waals surface area contributed by atoms with Crippen LogP contribution in [-0.4, -0.2) is 15.0 Å². The van der Waals surface area contributed by atoms with Gasteiger partial charge >= 0.3 is 0 Å². The first-order chi connectivity index (χ1) is 7.24. The van der Waals surface area contributed by atoms with E-state index in [0.29, 0.717) is 17.6 Å². The quantitative estimate of drug-likeness (QED) is 0.770. The Morgan fingerprint density at radius 3 is 2.80 bits per heavy atom. The van der Waals surface area contributed by atoms with Crippen molar-refractivity contribution in [1.82, 2.24) is 15.0 Å². The molecule has 76 valence electrons. The Morgan fingerprint density at radius 2 is 2.13 bits per heavy atom. The third kappa shape index (κ3) is 2.40. The van der Waals surface area contributed by atoms with Crippen molar-refractivity contribution in [3.63, 3.8) is 0 Å². The van der Waals surface area contributed by atoms with Crippen LogP contribution in [0.2, 0.25) is 0 Å². The molecule has 3 N–H and O–H groups in total. The zero-order valence-corrected chi connectivity index (χ0v) is 8.31. The molecular formula is C10H11N5. The van der Waals surface area contributed by atoms with E-state index in [1.807, 2.05) is 25.1 Å². The van der Waals surface area contributed by atoms with E-state index in [1.165, 1.54) is 0 Å². The fourth-order valence-corrected chi connectivity index (χ4v) is 1.20. The molecule has 0 saturated carbocycles. The van der Waals surface area contributed by atoms with Crippen molar-refractivity contribution in [1.29, 1.82) is 0 Å². The smallest absolute Gasteiger partial charge is 0.230 e. The molecule has 2 rings (SSSR count). The lowest BCUT2D eigenvalue weighted by Crippen LogP contribution is -2.02. The Labute approximate surface area is 87.4 Å². The molecule has 2 aromatic rings. The van der Waals surface area contributed by atoms with Crippen LogP contribution in [-0.2, 0) is 0 Å². The maximum atomic E-state index is 5.60. The Balaban J connectivity index is 2.25. The maximum Gasteiger partial charge on any atom is 0.230 e. The summed E-state index contributed by atoms with van der Waals surface area (Å²) in [5.41, 5.74) is 6.42. The van der Waals surface area contributed by atoms with Crippen molar-refractivity contribution < 1.29 is 0 Å². The van der Waals surface area contributed by atoms with Crippen LogP contribution in [0, 0.1) is 6.92 Å². The van der Waals surface area contributed by atoms with E-state index >= 15 is 0 Å². The summed E-state index contributed by atoms with van der Waals surface area (Å²) in [6, 6.07) is 7.27. The molecule has 5 nitrogen and oxygen atoms in total. The van der Waals surface area contributed by atoms with Crippen LogP contribution >= 0.6 is 0 Å². The van der Waals surface area contributed by atoms with Crippen LogP contribution in [0.1, 0.15) is 5.69 Å². The second-order valence-corrected chi connectivity index (χ2v) is 3.10. The van der Waals surface area contributed by atoms with Crippen LogP contribution < -0.4 is 11.1 Å². The number of nitrogen functional groups attached to an aromatic ring is 1.